The first-order valence-electron chi connectivity index (χ1n) is 14.0. The maximum absolute atomic E-state index is 12.6. The summed E-state index contributed by atoms with van der Waals surface area (Å²) < 4.78 is 83.6. The fraction of sp³-hybridized carbons (Fsp3) is 0.0882. The zero-order valence-electron chi connectivity index (χ0n) is 24.0. The predicted molar refractivity (Wildman–Crippen MR) is 159 cm³/mol. The second-order valence-corrected chi connectivity index (χ2v) is 10.6. The first-order chi connectivity index (χ1) is 22.9. The van der Waals surface area contributed by atoms with Crippen LogP contribution in [0.1, 0.15) is 28.6 Å². The van der Waals surface area contributed by atoms with Crippen molar-refractivity contribution in [1.82, 2.24) is 15.3 Å². The highest BCUT2D eigenvalue weighted by atomic mass is 19.4. The van der Waals surface area contributed by atoms with E-state index < -0.39 is 18.8 Å². The minimum Gasteiger partial charge on any atom is -0.406 e. The van der Waals surface area contributed by atoms with Crippen molar-refractivity contribution in [3.63, 3.8) is 0 Å². The van der Waals surface area contributed by atoms with Crippen LogP contribution in [0.5, 0.6) is 11.5 Å². The van der Waals surface area contributed by atoms with Crippen LogP contribution in [0.3, 0.4) is 0 Å². The molecule has 236 valence electrons. The second kappa shape index (κ2) is 11.1. The Morgan fingerprint density at radius 2 is 1.17 bits per heavy atom. The molecule has 0 saturated heterocycles. The Bertz CT molecular complexity index is 2220. The lowest BCUT2D eigenvalue weighted by Crippen LogP contribution is -2.17. The molecule has 0 fully saturated rings. The van der Waals surface area contributed by atoms with E-state index in [4.69, 9.17) is 9.97 Å². The zero-order valence-corrected chi connectivity index (χ0v) is 24.0. The Balaban J connectivity index is 1.26. The smallest absolute Gasteiger partial charge is 0.406 e. The number of nitrogens with zero attached hydrogens (tertiary/aromatic N) is 5. The molecule has 0 aliphatic heterocycles. The lowest BCUT2D eigenvalue weighted by atomic mass is 9.98. The SMILES string of the molecule is N#CN=C1c2cc(-c3ccc(OC(F)(F)F)cc3)ccc2-c2nc3c(nc21)-c1ccc(-c2ccc(OC(F)(F)F)cc2)cc1C3NC#N. The maximum atomic E-state index is 12.6. The maximum Gasteiger partial charge on any atom is 0.573 e. The highest BCUT2D eigenvalue weighted by Gasteiger charge is 2.38. The molecule has 0 amide bonds. The molecule has 2 aliphatic carbocycles. The summed E-state index contributed by atoms with van der Waals surface area (Å²) in [5.41, 5.74) is 6.91. The van der Waals surface area contributed by atoms with Crippen LogP contribution < -0.4 is 14.8 Å². The fourth-order valence-electron chi connectivity index (χ4n) is 5.87. The third-order valence-corrected chi connectivity index (χ3v) is 7.78. The third kappa shape index (κ3) is 5.49. The molecule has 0 spiro atoms. The van der Waals surface area contributed by atoms with E-state index in [1.165, 1.54) is 48.5 Å². The summed E-state index contributed by atoms with van der Waals surface area (Å²) in [5.74, 6) is -0.724. The molecule has 1 atom stereocenters. The predicted octanol–water partition coefficient (Wildman–Crippen LogP) is 8.05. The fourth-order valence-corrected chi connectivity index (χ4v) is 5.87. The van der Waals surface area contributed by atoms with Crippen LogP contribution in [0, 0.1) is 22.9 Å². The number of ether oxygens (including phenoxy) is 2. The van der Waals surface area contributed by atoms with Gasteiger partial charge >= 0.3 is 12.7 Å². The monoisotopic (exact) mass is 654 g/mol. The van der Waals surface area contributed by atoms with Gasteiger partial charge in [0.2, 0.25) is 6.19 Å². The van der Waals surface area contributed by atoms with Gasteiger partial charge in [0, 0.05) is 16.7 Å². The van der Waals surface area contributed by atoms with Crippen LogP contribution in [0.2, 0.25) is 0 Å². The first kappa shape index (κ1) is 30.3. The Morgan fingerprint density at radius 3 is 1.71 bits per heavy atom. The number of aromatic nitrogens is 2. The number of rotatable bonds is 5. The van der Waals surface area contributed by atoms with Gasteiger partial charge in [-0.3, -0.25) is 0 Å². The van der Waals surface area contributed by atoms with Crippen molar-refractivity contribution in [2.75, 3.05) is 0 Å². The average Bonchev–Trinajstić information content (AvgIpc) is 3.50. The van der Waals surface area contributed by atoms with E-state index in [2.05, 4.69) is 19.8 Å². The van der Waals surface area contributed by atoms with Crippen LogP contribution >= 0.6 is 0 Å². The Labute approximate surface area is 267 Å². The molecule has 1 heterocycles. The minimum atomic E-state index is -4.82. The van der Waals surface area contributed by atoms with E-state index >= 15 is 0 Å². The van der Waals surface area contributed by atoms with Gasteiger partial charge in [-0.05, 0) is 64.2 Å². The average molecular weight is 655 g/mol. The molecule has 48 heavy (non-hydrogen) atoms. The van der Waals surface area contributed by atoms with Crippen molar-refractivity contribution in [3.05, 3.63) is 107 Å². The molecule has 7 rings (SSSR count). The van der Waals surface area contributed by atoms with Gasteiger partial charge < -0.3 is 14.8 Å². The minimum absolute atomic E-state index is 0.257. The number of nitriles is 2. The van der Waals surface area contributed by atoms with E-state index in [1.54, 1.807) is 36.4 Å². The number of alkyl halides is 6. The van der Waals surface area contributed by atoms with Gasteiger partial charge in [0.1, 0.15) is 28.9 Å². The van der Waals surface area contributed by atoms with Crippen LogP contribution in [0.25, 0.3) is 44.8 Å². The molecular formula is C34H16F6N6O2. The van der Waals surface area contributed by atoms with Crippen molar-refractivity contribution in [3.8, 4) is 68.7 Å². The van der Waals surface area contributed by atoms with Gasteiger partial charge in [-0.15, -0.1) is 26.3 Å². The molecule has 0 bridgehead atoms. The van der Waals surface area contributed by atoms with Gasteiger partial charge in [0.05, 0.1) is 17.1 Å². The summed E-state index contributed by atoms with van der Waals surface area (Å²) in [7, 11) is 0. The molecule has 1 unspecified atom stereocenters. The summed E-state index contributed by atoms with van der Waals surface area (Å²) in [4.78, 5) is 13.8. The Morgan fingerprint density at radius 1 is 0.625 bits per heavy atom. The molecule has 5 aromatic rings. The van der Waals surface area contributed by atoms with Crippen molar-refractivity contribution in [1.29, 1.82) is 10.5 Å². The molecule has 14 heteroatoms. The van der Waals surface area contributed by atoms with Gasteiger partial charge in [-0.1, -0.05) is 48.5 Å². The van der Waals surface area contributed by atoms with E-state index in [0.29, 0.717) is 67.3 Å². The number of aliphatic imine (C=N–C) groups is 1. The van der Waals surface area contributed by atoms with E-state index in [9.17, 15) is 36.9 Å². The van der Waals surface area contributed by atoms with Crippen molar-refractivity contribution >= 4 is 5.71 Å². The molecule has 0 radical (unpaired) electrons. The summed E-state index contributed by atoms with van der Waals surface area (Å²) in [5, 5.41) is 22.0. The molecule has 0 saturated carbocycles. The summed E-state index contributed by atoms with van der Waals surface area (Å²) in [6.07, 6.45) is -5.87. The van der Waals surface area contributed by atoms with Crippen molar-refractivity contribution in [2.45, 2.75) is 18.8 Å². The quantitative estimate of drug-likeness (QED) is 0.114. The standard InChI is InChI=1S/C34H16F6N6O2/c35-33(36,37)47-21-7-1-17(2-8-21)19-5-11-23-25(13-19)27(43-15-41)31-29(23)45-32-28(44-16-42)26-14-20(6-12-24(26)30(32)46-31)18-3-9-22(10-4-18)48-34(38,39)40/h1-14,27,43H. The largest absolute Gasteiger partial charge is 0.573 e. The van der Waals surface area contributed by atoms with Crippen molar-refractivity contribution < 1.29 is 35.8 Å². The lowest BCUT2D eigenvalue weighted by molar-refractivity contribution is -0.275. The number of hydrogen-bond acceptors (Lipinski definition) is 8. The topological polar surface area (TPSA) is 116 Å². The van der Waals surface area contributed by atoms with Gasteiger partial charge in [0.25, 0.3) is 0 Å². The van der Waals surface area contributed by atoms with Crippen LogP contribution in [-0.2, 0) is 0 Å². The van der Waals surface area contributed by atoms with Crippen molar-refractivity contribution in [2.24, 2.45) is 4.99 Å². The number of halogens is 6. The lowest BCUT2D eigenvalue weighted by Gasteiger charge is -2.13. The van der Waals surface area contributed by atoms with Gasteiger partial charge in [-0.2, -0.15) is 15.5 Å². The number of fused-ring (bicyclic) bond motifs is 6. The van der Waals surface area contributed by atoms with E-state index in [1.807, 2.05) is 12.4 Å². The summed E-state index contributed by atoms with van der Waals surface area (Å²) >= 11 is 0. The molecule has 1 aromatic heterocycles. The highest BCUT2D eigenvalue weighted by Crippen LogP contribution is 2.47. The number of nitrogens with one attached hydrogen (secondary N) is 1. The zero-order chi connectivity index (χ0) is 33.8. The highest BCUT2D eigenvalue weighted by molar-refractivity contribution is 6.23. The van der Waals surface area contributed by atoms with Gasteiger partial charge in [0.15, 0.2) is 6.19 Å². The summed E-state index contributed by atoms with van der Waals surface area (Å²) in [6, 6.07) is 20.6. The molecule has 8 nitrogen and oxygen atoms in total. The first-order valence-corrected chi connectivity index (χ1v) is 14.0. The van der Waals surface area contributed by atoms with Crippen LogP contribution in [0.15, 0.2) is 89.9 Å². The van der Waals surface area contributed by atoms with E-state index in [0.717, 1.165) is 0 Å². The van der Waals surface area contributed by atoms with Gasteiger partial charge in [-0.25, -0.2) is 9.97 Å². The number of hydrogen-bond donors (Lipinski definition) is 1. The molecule has 4 aromatic carbocycles. The van der Waals surface area contributed by atoms with E-state index in [-0.39, 0.29) is 17.2 Å². The molecule has 1 N–H and O–H groups in total. The third-order valence-electron chi connectivity index (χ3n) is 7.78. The number of benzene rings is 4. The molecule has 2 aliphatic rings. The van der Waals surface area contributed by atoms with Crippen LogP contribution in [0.4, 0.5) is 26.3 Å². The Hall–Kier alpha value is -6.41. The normalized spacial score (nSPS) is 15.1. The molecular weight excluding hydrogens is 638 g/mol. The second-order valence-electron chi connectivity index (χ2n) is 10.6. The Kier molecular flexibility index (Phi) is 7.02. The summed E-state index contributed by atoms with van der Waals surface area (Å²) in [6.45, 7) is 0. The van der Waals surface area contributed by atoms with Crippen LogP contribution in [-0.4, -0.2) is 28.4 Å².